The second-order valence-corrected chi connectivity index (χ2v) is 5.22. The largest absolute Gasteiger partial charge is 0.490 e. The van der Waals surface area contributed by atoms with Gasteiger partial charge in [-0.1, -0.05) is 6.07 Å². The van der Waals surface area contributed by atoms with Gasteiger partial charge in [-0.25, -0.2) is 0 Å². The third kappa shape index (κ3) is 3.87. The zero-order valence-corrected chi connectivity index (χ0v) is 12.0. The van der Waals surface area contributed by atoms with Crippen LogP contribution in [0.4, 0.5) is 0 Å². The summed E-state index contributed by atoms with van der Waals surface area (Å²) in [5.74, 6) is 0.702. The van der Waals surface area contributed by atoms with E-state index in [0.29, 0.717) is 19.8 Å². The molecular weight excluding hydrogens is 258 g/mol. The van der Waals surface area contributed by atoms with Gasteiger partial charge in [0.1, 0.15) is 0 Å². The zero-order chi connectivity index (χ0) is 14.5. The first-order valence-electron chi connectivity index (χ1n) is 6.90. The molecule has 20 heavy (non-hydrogen) atoms. The van der Waals surface area contributed by atoms with Crippen LogP contribution in [0.2, 0.25) is 0 Å². The monoisotopic (exact) mass is 279 g/mol. The van der Waals surface area contributed by atoms with Crippen LogP contribution in [-0.2, 0) is 11.3 Å². The molecule has 0 bridgehead atoms. The van der Waals surface area contributed by atoms with Crippen molar-refractivity contribution >= 4 is 5.97 Å². The van der Waals surface area contributed by atoms with Crippen LogP contribution in [-0.4, -0.2) is 41.8 Å². The average Bonchev–Trinajstić information content (AvgIpc) is 2.62. The summed E-state index contributed by atoms with van der Waals surface area (Å²) in [5, 5.41) is 8.95. The Hall–Kier alpha value is -1.75. The molecule has 1 heterocycles. The normalized spacial score (nSPS) is 14.4. The van der Waals surface area contributed by atoms with E-state index in [1.165, 1.54) is 0 Å². The molecule has 0 amide bonds. The van der Waals surface area contributed by atoms with Gasteiger partial charge in [-0.15, -0.1) is 0 Å². The summed E-state index contributed by atoms with van der Waals surface area (Å²) in [6, 6.07) is 5.97. The molecule has 1 aromatic carbocycles. The van der Waals surface area contributed by atoms with Gasteiger partial charge >= 0.3 is 5.97 Å². The number of ether oxygens (including phenoxy) is 2. The van der Waals surface area contributed by atoms with Gasteiger partial charge in [0.2, 0.25) is 0 Å². The lowest BCUT2D eigenvalue weighted by atomic mass is 10.1. The van der Waals surface area contributed by atoms with Crippen molar-refractivity contribution in [2.75, 3.05) is 19.8 Å². The number of carboxylic acid groups (broad SMARTS) is 1. The van der Waals surface area contributed by atoms with Crippen LogP contribution in [0.25, 0.3) is 0 Å². The number of benzene rings is 1. The summed E-state index contributed by atoms with van der Waals surface area (Å²) in [6.07, 6.45) is 0.876. The summed E-state index contributed by atoms with van der Waals surface area (Å²) in [4.78, 5) is 12.8. The lowest BCUT2D eigenvalue weighted by Crippen LogP contribution is -2.35. The second-order valence-electron chi connectivity index (χ2n) is 5.22. The Bertz CT molecular complexity index is 473. The standard InChI is InChI=1S/C15H21NO4/c1-11(2)16(10-15(17)18)9-12-4-5-13-14(8-12)20-7-3-6-19-13/h4-5,8,11H,3,6-7,9-10H2,1-2H3,(H,17,18). The highest BCUT2D eigenvalue weighted by atomic mass is 16.5. The predicted molar refractivity (Wildman–Crippen MR) is 75.2 cm³/mol. The van der Waals surface area contributed by atoms with Gasteiger partial charge in [0.25, 0.3) is 0 Å². The van der Waals surface area contributed by atoms with E-state index in [-0.39, 0.29) is 12.6 Å². The van der Waals surface area contributed by atoms with Crippen LogP contribution in [0.5, 0.6) is 11.5 Å². The molecule has 1 aliphatic rings. The third-order valence-corrected chi connectivity index (χ3v) is 3.27. The zero-order valence-electron chi connectivity index (χ0n) is 12.0. The van der Waals surface area contributed by atoms with Crippen LogP contribution >= 0.6 is 0 Å². The van der Waals surface area contributed by atoms with Gasteiger partial charge in [-0.05, 0) is 31.5 Å². The molecule has 0 saturated carbocycles. The van der Waals surface area contributed by atoms with Crippen molar-refractivity contribution in [3.05, 3.63) is 23.8 Å². The lowest BCUT2D eigenvalue weighted by Gasteiger charge is -2.24. The maximum absolute atomic E-state index is 10.9. The summed E-state index contributed by atoms with van der Waals surface area (Å²) in [6.45, 7) is 5.92. The predicted octanol–water partition coefficient (Wildman–Crippen LogP) is 2.14. The van der Waals surface area contributed by atoms with Crippen LogP contribution in [0, 0.1) is 0 Å². The molecule has 0 radical (unpaired) electrons. The number of nitrogens with zero attached hydrogens (tertiary/aromatic N) is 1. The number of carbonyl (C=O) groups is 1. The van der Waals surface area contributed by atoms with Gasteiger partial charge in [-0.3, -0.25) is 9.69 Å². The van der Waals surface area contributed by atoms with Gasteiger partial charge in [0, 0.05) is 19.0 Å². The fraction of sp³-hybridized carbons (Fsp3) is 0.533. The van der Waals surface area contributed by atoms with E-state index in [9.17, 15) is 4.79 Å². The molecule has 0 saturated heterocycles. The number of aliphatic carboxylic acids is 1. The number of hydrogen-bond acceptors (Lipinski definition) is 4. The van der Waals surface area contributed by atoms with Crippen LogP contribution in [0.1, 0.15) is 25.8 Å². The molecule has 1 aromatic rings. The minimum atomic E-state index is -0.812. The Morgan fingerprint density at radius 1 is 1.30 bits per heavy atom. The van der Waals surface area contributed by atoms with Crippen molar-refractivity contribution in [2.24, 2.45) is 0 Å². The SMILES string of the molecule is CC(C)N(CC(=O)O)Cc1ccc2c(c1)OCCCO2. The second kappa shape index (κ2) is 6.61. The first-order chi connectivity index (χ1) is 9.56. The molecule has 0 spiro atoms. The summed E-state index contributed by atoms with van der Waals surface area (Å²) in [7, 11) is 0. The van der Waals surface area contributed by atoms with E-state index >= 15 is 0 Å². The third-order valence-electron chi connectivity index (χ3n) is 3.27. The van der Waals surface area contributed by atoms with Crippen molar-refractivity contribution in [1.82, 2.24) is 4.90 Å². The fourth-order valence-corrected chi connectivity index (χ4v) is 2.14. The first kappa shape index (κ1) is 14.7. The molecule has 2 rings (SSSR count). The van der Waals surface area contributed by atoms with E-state index in [0.717, 1.165) is 23.5 Å². The highest BCUT2D eigenvalue weighted by Crippen LogP contribution is 2.30. The lowest BCUT2D eigenvalue weighted by molar-refractivity contribution is -0.138. The number of rotatable bonds is 5. The van der Waals surface area contributed by atoms with Gasteiger partial charge in [0.05, 0.1) is 19.8 Å². The van der Waals surface area contributed by atoms with E-state index in [4.69, 9.17) is 14.6 Å². The van der Waals surface area contributed by atoms with Crippen molar-refractivity contribution in [1.29, 1.82) is 0 Å². The highest BCUT2D eigenvalue weighted by molar-refractivity contribution is 5.69. The van der Waals surface area contributed by atoms with Crippen molar-refractivity contribution < 1.29 is 19.4 Å². The van der Waals surface area contributed by atoms with Crippen molar-refractivity contribution in [2.45, 2.75) is 32.9 Å². The van der Waals surface area contributed by atoms with E-state index in [1.54, 1.807) is 0 Å². The maximum Gasteiger partial charge on any atom is 0.317 e. The molecule has 110 valence electrons. The quantitative estimate of drug-likeness (QED) is 0.895. The molecule has 5 heteroatoms. The Kier molecular flexibility index (Phi) is 4.84. The van der Waals surface area contributed by atoms with Crippen molar-refractivity contribution in [3.8, 4) is 11.5 Å². The summed E-state index contributed by atoms with van der Waals surface area (Å²) < 4.78 is 11.2. The Morgan fingerprint density at radius 2 is 2.00 bits per heavy atom. The van der Waals surface area contributed by atoms with Crippen LogP contribution < -0.4 is 9.47 Å². The number of hydrogen-bond donors (Lipinski definition) is 1. The van der Waals surface area contributed by atoms with Gasteiger partial charge in [0.15, 0.2) is 11.5 Å². The van der Waals surface area contributed by atoms with E-state index < -0.39 is 5.97 Å². The molecule has 0 fully saturated rings. The molecule has 1 N–H and O–H groups in total. The molecule has 5 nitrogen and oxygen atoms in total. The first-order valence-corrected chi connectivity index (χ1v) is 6.90. The number of fused-ring (bicyclic) bond motifs is 1. The van der Waals surface area contributed by atoms with Crippen LogP contribution in [0.15, 0.2) is 18.2 Å². The highest BCUT2D eigenvalue weighted by Gasteiger charge is 2.16. The van der Waals surface area contributed by atoms with Gasteiger partial charge < -0.3 is 14.6 Å². The summed E-state index contributed by atoms with van der Waals surface area (Å²) >= 11 is 0. The molecular formula is C15H21NO4. The molecule has 0 aromatic heterocycles. The van der Waals surface area contributed by atoms with E-state index in [1.807, 2.05) is 36.9 Å². The Morgan fingerprint density at radius 3 is 2.65 bits per heavy atom. The molecule has 0 unspecified atom stereocenters. The molecule has 0 atom stereocenters. The minimum Gasteiger partial charge on any atom is -0.490 e. The summed E-state index contributed by atoms with van der Waals surface area (Å²) in [5.41, 5.74) is 1.03. The Labute approximate surface area is 119 Å². The fourth-order valence-electron chi connectivity index (χ4n) is 2.14. The van der Waals surface area contributed by atoms with Gasteiger partial charge in [-0.2, -0.15) is 0 Å². The average molecular weight is 279 g/mol. The van der Waals surface area contributed by atoms with E-state index in [2.05, 4.69) is 0 Å². The van der Waals surface area contributed by atoms with Crippen LogP contribution in [0.3, 0.4) is 0 Å². The number of carboxylic acids is 1. The topological polar surface area (TPSA) is 59.0 Å². The molecule has 1 aliphatic heterocycles. The molecule has 0 aliphatic carbocycles. The minimum absolute atomic E-state index is 0.0338. The Balaban J connectivity index is 2.12. The maximum atomic E-state index is 10.9. The smallest absolute Gasteiger partial charge is 0.317 e. The van der Waals surface area contributed by atoms with Crippen molar-refractivity contribution in [3.63, 3.8) is 0 Å².